The Morgan fingerprint density at radius 1 is 1.26 bits per heavy atom. The van der Waals surface area contributed by atoms with Crippen LogP contribution in [0.5, 0.6) is 0 Å². The maximum Gasteiger partial charge on any atom is 0.323 e. The Morgan fingerprint density at radius 2 is 1.95 bits per heavy atom. The molecule has 1 heterocycles. The number of ether oxygens (including phenoxy) is 1. The molecule has 0 saturated carbocycles. The Morgan fingerprint density at radius 3 is 2.58 bits per heavy atom. The molecule has 0 aromatic heterocycles. The van der Waals surface area contributed by atoms with Gasteiger partial charge in [0.05, 0.1) is 7.11 Å². The van der Waals surface area contributed by atoms with Gasteiger partial charge in [-0.05, 0) is 36.9 Å². The SMILES string of the molecule is CCc1ccc(CN2CCCCC2C(=O)OC)cc1. The van der Waals surface area contributed by atoms with Crippen molar-refractivity contribution in [2.75, 3.05) is 13.7 Å². The van der Waals surface area contributed by atoms with Crippen LogP contribution in [-0.4, -0.2) is 30.6 Å². The molecule has 1 saturated heterocycles. The van der Waals surface area contributed by atoms with E-state index in [0.717, 1.165) is 32.4 Å². The Labute approximate surface area is 115 Å². The summed E-state index contributed by atoms with van der Waals surface area (Å²) in [5.74, 6) is -0.0927. The first-order valence-electron chi connectivity index (χ1n) is 7.14. The average molecular weight is 261 g/mol. The largest absolute Gasteiger partial charge is 0.468 e. The lowest BCUT2D eigenvalue weighted by atomic mass is 10.0. The number of hydrogen-bond acceptors (Lipinski definition) is 3. The van der Waals surface area contributed by atoms with Crippen molar-refractivity contribution in [1.29, 1.82) is 0 Å². The molecule has 0 aliphatic carbocycles. The van der Waals surface area contributed by atoms with Crippen molar-refractivity contribution in [3.05, 3.63) is 35.4 Å². The number of hydrogen-bond donors (Lipinski definition) is 0. The maximum atomic E-state index is 11.8. The molecule has 1 aromatic rings. The summed E-state index contributed by atoms with van der Waals surface area (Å²) in [6.07, 6.45) is 4.26. The molecule has 1 aromatic carbocycles. The van der Waals surface area contributed by atoms with Crippen LogP contribution in [0, 0.1) is 0 Å². The molecule has 2 rings (SSSR count). The molecular formula is C16H23NO2. The van der Waals surface area contributed by atoms with Crippen LogP contribution >= 0.6 is 0 Å². The first-order valence-corrected chi connectivity index (χ1v) is 7.14. The second-order valence-electron chi connectivity index (χ2n) is 5.18. The van der Waals surface area contributed by atoms with Gasteiger partial charge in [0.25, 0.3) is 0 Å². The number of methoxy groups -OCH3 is 1. The highest BCUT2D eigenvalue weighted by Gasteiger charge is 2.29. The number of likely N-dealkylation sites (tertiary alicyclic amines) is 1. The molecule has 0 spiro atoms. The second kappa shape index (κ2) is 6.71. The highest BCUT2D eigenvalue weighted by Crippen LogP contribution is 2.20. The molecule has 0 radical (unpaired) electrons. The fourth-order valence-corrected chi connectivity index (χ4v) is 2.70. The molecular weight excluding hydrogens is 238 g/mol. The van der Waals surface area contributed by atoms with Crippen molar-refractivity contribution in [3.63, 3.8) is 0 Å². The maximum absolute atomic E-state index is 11.8. The van der Waals surface area contributed by atoms with E-state index < -0.39 is 0 Å². The van der Waals surface area contributed by atoms with Crippen molar-refractivity contribution in [2.45, 2.75) is 45.2 Å². The van der Waals surface area contributed by atoms with Gasteiger partial charge < -0.3 is 4.74 Å². The zero-order chi connectivity index (χ0) is 13.7. The van der Waals surface area contributed by atoms with Crippen LogP contribution in [0.1, 0.15) is 37.3 Å². The topological polar surface area (TPSA) is 29.5 Å². The monoisotopic (exact) mass is 261 g/mol. The molecule has 0 amide bonds. The summed E-state index contributed by atoms with van der Waals surface area (Å²) < 4.78 is 4.91. The van der Waals surface area contributed by atoms with Gasteiger partial charge in [-0.1, -0.05) is 37.6 Å². The first kappa shape index (κ1) is 14.1. The molecule has 3 heteroatoms. The van der Waals surface area contributed by atoms with E-state index in [9.17, 15) is 4.79 Å². The molecule has 19 heavy (non-hydrogen) atoms. The molecule has 0 bridgehead atoms. The number of carbonyl (C=O) groups is 1. The van der Waals surface area contributed by atoms with Crippen molar-refractivity contribution in [1.82, 2.24) is 4.90 Å². The summed E-state index contributed by atoms with van der Waals surface area (Å²) in [5.41, 5.74) is 2.62. The Kier molecular flexibility index (Phi) is 4.97. The lowest BCUT2D eigenvalue weighted by Crippen LogP contribution is -2.44. The smallest absolute Gasteiger partial charge is 0.323 e. The van der Waals surface area contributed by atoms with Crippen LogP contribution in [0.4, 0.5) is 0 Å². The van der Waals surface area contributed by atoms with Crippen molar-refractivity contribution in [2.24, 2.45) is 0 Å². The molecule has 3 nitrogen and oxygen atoms in total. The summed E-state index contributed by atoms with van der Waals surface area (Å²) in [5, 5.41) is 0. The van der Waals surface area contributed by atoms with Crippen LogP contribution in [0.15, 0.2) is 24.3 Å². The predicted molar refractivity (Wildman–Crippen MR) is 75.9 cm³/mol. The Bertz CT molecular complexity index is 413. The minimum atomic E-state index is -0.0927. The molecule has 1 atom stereocenters. The van der Waals surface area contributed by atoms with E-state index in [-0.39, 0.29) is 12.0 Å². The van der Waals surface area contributed by atoms with Gasteiger partial charge in [-0.15, -0.1) is 0 Å². The van der Waals surface area contributed by atoms with Crippen LogP contribution < -0.4 is 0 Å². The van der Waals surface area contributed by atoms with Crippen molar-refractivity contribution < 1.29 is 9.53 Å². The summed E-state index contributed by atoms with van der Waals surface area (Å²) in [7, 11) is 1.48. The van der Waals surface area contributed by atoms with E-state index in [2.05, 4.69) is 36.1 Å². The second-order valence-corrected chi connectivity index (χ2v) is 5.18. The van der Waals surface area contributed by atoms with E-state index >= 15 is 0 Å². The van der Waals surface area contributed by atoms with Gasteiger partial charge in [0, 0.05) is 6.54 Å². The number of esters is 1. The van der Waals surface area contributed by atoms with Crippen LogP contribution in [-0.2, 0) is 22.5 Å². The van der Waals surface area contributed by atoms with Gasteiger partial charge in [-0.3, -0.25) is 9.69 Å². The number of benzene rings is 1. The van der Waals surface area contributed by atoms with Crippen LogP contribution in [0.25, 0.3) is 0 Å². The standard InChI is InChI=1S/C16H23NO2/c1-3-13-7-9-14(10-8-13)12-17-11-5-4-6-15(17)16(18)19-2/h7-10,15H,3-6,11-12H2,1-2H3. The molecule has 1 aliphatic heterocycles. The van der Waals surface area contributed by atoms with Gasteiger partial charge in [0.2, 0.25) is 0 Å². The zero-order valence-corrected chi connectivity index (χ0v) is 11.9. The number of carbonyl (C=O) groups excluding carboxylic acids is 1. The summed E-state index contributed by atoms with van der Waals surface area (Å²) >= 11 is 0. The Balaban J connectivity index is 2.03. The van der Waals surface area contributed by atoms with Gasteiger partial charge in [-0.2, -0.15) is 0 Å². The van der Waals surface area contributed by atoms with E-state index in [1.165, 1.54) is 24.7 Å². The van der Waals surface area contributed by atoms with Gasteiger partial charge in [0.15, 0.2) is 0 Å². The third-order valence-corrected chi connectivity index (χ3v) is 3.90. The van der Waals surface area contributed by atoms with Crippen molar-refractivity contribution >= 4 is 5.97 Å². The normalized spacial score (nSPS) is 20.2. The van der Waals surface area contributed by atoms with E-state index in [0.29, 0.717) is 0 Å². The molecule has 1 unspecified atom stereocenters. The average Bonchev–Trinajstić information content (AvgIpc) is 2.48. The minimum absolute atomic E-state index is 0.0652. The van der Waals surface area contributed by atoms with E-state index in [4.69, 9.17) is 4.74 Å². The van der Waals surface area contributed by atoms with Crippen LogP contribution in [0.3, 0.4) is 0 Å². The van der Waals surface area contributed by atoms with Crippen molar-refractivity contribution in [3.8, 4) is 0 Å². The number of nitrogens with zero attached hydrogens (tertiary/aromatic N) is 1. The third kappa shape index (κ3) is 3.57. The molecule has 1 fully saturated rings. The highest BCUT2D eigenvalue weighted by molar-refractivity contribution is 5.75. The fourth-order valence-electron chi connectivity index (χ4n) is 2.70. The quantitative estimate of drug-likeness (QED) is 0.781. The predicted octanol–water partition coefficient (Wildman–Crippen LogP) is 2.78. The fraction of sp³-hybridized carbons (Fsp3) is 0.562. The Hall–Kier alpha value is -1.35. The van der Waals surface area contributed by atoms with Gasteiger partial charge >= 0.3 is 5.97 Å². The summed E-state index contributed by atoms with van der Waals surface area (Å²) in [4.78, 5) is 14.1. The van der Waals surface area contributed by atoms with Crippen LogP contribution in [0.2, 0.25) is 0 Å². The summed E-state index contributed by atoms with van der Waals surface area (Å²) in [6, 6.07) is 8.62. The first-order chi connectivity index (χ1) is 9.24. The number of piperidine rings is 1. The minimum Gasteiger partial charge on any atom is -0.468 e. The third-order valence-electron chi connectivity index (χ3n) is 3.90. The van der Waals surface area contributed by atoms with Gasteiger partial charge in [-0.25, -0.2) is 0 Å². The molecule has 1 aliphatic rings. The summed E-state index contributed by atoms with van der Waals surface area (Å²) in [6.45, 7) is 3.98. The lowest BCUT2D eigenvalue weighted by Gasteiger charge is -2.33. The molecule has 0 N–H and O–H groups in total. The molecule has 104 valence electrons. The van der Waals surface area contributed by atoms with E-state index in [1.807, 2.05) is 0 Å². The lowest BCUT2D eigenvalue weighted by molar-refractivity contribution is -0.148. The number of rotatable bonds is 4. The highest BCUT2D eigenvalue weighted by atomic mass is 16.5. The zero-order valence-electron chi connectivity index (χ0n) is 11.9. The number of aryl methyl sites for hydroxylation is 1. The van der Waals surface area contributed by atoms with E-state index in [1.54, 1.807) is 0 Å². The van der Waals surface area contributed by atoms with Gasteiger partial charge in [0.1, 0.15) is 6.04 Å².